The highest BCUT2D eigenvalue weighted by molar-refractivity contribution is 6.31. The van der Waals surface area contributed by atoms with E-state index in [1.54, 1.807) is 25.2 Å². The maximum atomic E-state index is 12.6. The smallest absolute Gasteiger partial charge is 0.354 e. The highest BCUT2D eigenvalue weighted by atomic mass is 35.5. The van der Waals surface area contributed by atoms with Crippen LogP contribution in [-0.2, 0) is 7.05 Å². The van der Waals surface area contributed by atoms with Crippen LogP contribution in [0.15, 0.2) is 29.1 Å². The number of aromatic carboxylic acids is 1. The Labute approximate surface area is 175 Å². The molecule has 1 aromatic carbocycles. The van der Waals surface area contributed by atoms with E-state index in [1.165, 1.54) is 10.6 Å². The Balaban J connectivity index is 1.87. The Bertz CT molecular complexity index is 1300. The van der Waals surface area contributed by atoms with Crippen LogP contribution in [-0.4, -0.2) is 33.8 Å². The van der Waals surface area contributed by atoms with Gasteiger partial charge in [-0.1, -0.05) is 11.6 Å². The van der Waals surface area contributed by atoms with E-state index in [4.69, 9.17) is 16.3 Å². The van der Waals surface area contributed by atoms with Crippen LogP contribution in [0, 0.1) is 11.3 Å². The van der Waals surface area contributed by atoms with Crippen LogP contribution in [0.2, 0.25) is 5.15 Å². The number of nitrogens with one attached hydrogen (secondary N) is 2. The average molecular weight is 426 g/mol. The number of fused-ring (bicyclic) bond motifs is 3. The van der Waals surface area contributed by atoms with Crippen molar-refractivity contribution in [2.45, 2.75) is 6.42 Å². The molecule has 152 valence electrons. The van der Waals surface area contributed by atoms with Crippen molar-refractivity contribution in [2.75, 3.05) is 23.8 Å². The molecule has 0 unspecified atom stereocenters. The minimum Gasteiger partial charge on any atom is -0.486 e. The minimum atomic E-state index is -1.26. The van der Waals surface area contributed by atoms with Crippen LogP contribution in [0.4, 0.5) is 17.1 Å². The normalized spacial score (nSPS) is 12.8. The number of aromatic nitrogens is 2. The lowest BCUT2D eigenvalue weighted by Gasteiger charge is -2.16. The van der Waals surface area contributed by atoms with Gasteiger partial charge >= 0.3 is 5.97 Å². The molecule has 3 aromatic rings. The molecule has 0 amide bonds. The Kier molecular flexibility index (Phi) is 4.93. The van der Waals surface area contributed by atoms with Crippen molar-refractivity contribution in [1.82, 2.24) is 9.55 Å². The quantitative estimate of drug-likeness (QED) is 0.546. The summed E-state index contributed by atoms with van der Waals surface area (Å²) < 4.78 is 7.18. The van der Waals surface area contributed by atoms with Gasteiger partial charge in [-0.25, -0.2) is 9.78 Å². The highest BCUT2D eigenvalue weighted by Gasteiger charge is 2.20. The molecular formula is C20H16ClN5O4. The van der Waals surface area contributed by atoms with Crippen molar-refractivity contribution in [1.29, 1.82) is 5.26 Å². The second kappa shape index (κ2) is 7.57. The molecular weight excluding hydrogens is 410 g/mol. The summed E-state index contributed by atoms with van der Waals surface area (Å²) in [5, 5.41) is 25.5. The van der Waals surface area contributed by atoms with Crippen molar-refractivity contribution >= 4 is 45.5 Å². The van der Waals surface area contributed by atoms with E-state index in [0.29, 0.717) is 30.0 Å². The van der Waals surface area contributed by atoms with Crippen LogP contribution in [0.25, 0.3) is 10.9 Å². The molecule has 4 rings (SSSR count). The molecule has 9 nitrogen and oxygen atoms in total. The molecule has 3 heterocycles. The molecule has 3 N–H and O–H groups in total. The lowest BCUT2D eigenvalue weighted by molar-refractivity contribution is 0.0690. The number of aryl methyl sites for hydroxylation is 1. The number of ether oxygens (including phenoxy) is 1. The minimum absolute atomic E-state index is 0.0301. The number of hydrogen-bond donors (Lipinski definition) is 3. The summed E-state index contributed by atoms with van der Waals surface area (Å²) in [4.78, 5) is 27.7. The highest BCUT2D eigenvalue weighted by Crippen LogP contribution is 2.34. The van der Waals surface area contributed by atoms with Crippen LogP contribution < -0.4 is 20.9 Å². The van der Waals surface area contributed by atoms with E-state index in [2.05, 4.69) is 15.6 Å². The Morgan fingerprint density at radius 1 is 1.43 bits per heavy atom. The fourth-order valence-corrected chi connectivity index (χ4v) is 3.59. The summed E-state index contributed by atoms with van der Waals surface area (Å²) in [5.74, 6) is -0.998. The van der Waals surface area contributed by atoms with Crippen molar-refractivity contribution < 1.29 is 14.6 Å². The molecule has 0 atom stereocenters. The van der Waals surface area contributed by atoms with Gasteiger partial charge in [-0.3, -0.25) is 4.79 Å². The predicted octanol–water partition coefficient (Wildman–Crippen LogP) is 3.09. The molecule has 0 aliphatic carbocycles. The lowest BCUT2D eigenvalue weighted by Crippen LogP contribution is -2.20. The van der Waals surface area contributed by atoms with E-state index in [-0.39, 0.29) is 33.4 Å². The monoisotopic (exact) mass is 425 g/mol. The zero-order chi connectivity index (χ0) is 21.4. The maximum absolute atomic E-state index is 12.6. The Hall–Kier alpha value is -3.77. The van der Waals surface area contributed by atoms with Gasteiger partial charge in [0.25, 0.3) is 5.56 Å². The number of hydrogen-bond acceptors (Lipinski definition) is 7. The van der Waals surface area contributed by atoms with Crippen LogP contribution >= 0.6 is 11.6 Å². The number of nitriles is 1. The van der Waals surface area contributed by atoms with Gasteiger partial charge in [0.2, 0.25) is 5.75 Å². The van der Waals surface area contributed by atoms with E-state index in [0.717, 1.165) is 11.8 Å². The second-order valence-corrected chi connectivity index (χ2v) is 7.05. The third-order valence-corrected chi connectivity index (χ3v) is 5.08. The fourth-order valence-electron chi connectivity index (χ4n) is 3.35. The molecule has 0 radical (unpaired) electrons. The zero-order valence-corrected chi connectivity index (χ0v) is 16.6. The third-order valence-electron chi connectivity index (χ3n) is 4.81. The first-order valence-corrected chi connectivity index (χ1v) is 9.43. The second-order valence-electron chi connectivity index (χ2n) is 6.69. The topological polar surface area (TPSA) is 129 Å². The number of anilines is 3. The van der Waals surface area contributed by atoms with E-state index in [9.17, 15) is 20.0 Å². The third kappa shape index (κ3) is 3.27. The van der Waals surface area contributed by atoms with Gasteiger partial charge in [0.1, 0.15) is 16.8 Å². The molecule has 0 saturated carbocycles. The van der Waals surface area contributed by atoms with E-state index < -0.39 is 5.97 Å². The summed E-state index contributed by atoms with van der Waals surface area (Å²) in [7, 11) is 1.67. The maximum Gasteiger partial charge on any atom is 0.354 e. The first kappa shape index (κ1) is 19.5. The van der Waals surface area contributed by atoms with Crippen molar-refractivity contribution in [3.63, 3.8) is 0 Å². The zero-order valence-electron chi connectivity index (χ0n) is 15.8. The summed E-state index contributed by atoms with van der Waals surface area (Å²) in [5.41, 5.74) is 1.61. The number of pyridine rings is 2. The first-order chi connectivity index (χ1) is 14.4. The van der Waals surface area contributed by atoms with Gasteiger partial charge in [0, 0.05) is 24.7 Å². The molecule has 1 aliphatic rings. The SMILES string of the molecule is Cn1c(=O)c2c(c3cc(Nc4cc(C(=O)O)nc(Cl)c4C#N)ccc31)NCCCO2. The largest absolute Gasteiger partial charge is 0.486 e. The van der Waals surface area contributed by atoms with Gasteiger partial charge < -0.3 is 25.0 Å². The van der Waals surface area contributed by atoms with E-state index in [1.807, 2.05) is 6.07 Å². The van der Waals surface area contributed by atoms with E-state index >= 15 is 0 Å². The van der Waals surface area contributed by atoms with Gasteiger partial charge in [-0.15, -0.1) is 0 Å². The van der Waals surface area contributed by atoms with Crippen LogP contribution in [0.5, 0.6) is 5.75 Å². The molecule has 30 heavy (non-hydrogen) atoms. The number of carboxylic acid groups (broad SMARTS) is 1. The molecule has 2 aromatic heterocycles. The number of carbonyl (C=O) groups is 1. The van der Waals surface area contributed by atoms with Crippen molar-refractivity contribution in [2.24, 2.45) is 7.05 Å². The van der Waals surface area contributed by atoms with Gasteiger partial charge in [0.05, 0.1) is 23.5 Å². The summed E-state index contributed by atoms with van der Waals surface area (Å²) in [6.45, 7) is 1.10. The van der Waals surface area contributed by atoms with Gasteiger partial charge in [-0.2, -0.15) is 5.26 Å². The fraction of sp³-hybridized carbons (Fsp3) is 0.200. The van der Waals surface area contributed by atoms with Crippen molar-refractivity contribution in [3.8, 4) is 11.8 Å². The number of rotatable bonds is 3. The standard InChI is InChI=1S/C20H16ClN5O4/c1-26-15-4-3-10(7-11(15)16-17(19(26)27)30-6-2-5-23-16)24-13-8-14(20(28)29)25-18(21)12(13)9-22/h3-4,7-8,23H,2,5-6H2,1H3,(H,24,25)(H,28,29). The van der Waals surface area contributed by atoms with Crippen LogP contribution in [0.1, 0.15) is 22.5 Å². The van der Waals surface area contributed by atoms with Gasteiger partial charge in [0.15, 0.2) is 5.69 Å². The Morgan fingerprint density at radius 2 is 2.23 bits per heavy atom. The molecule has 0 fully saturated rings. The van der Waals surface area contributed by atoms with Gasteiger partial charge in [-0.05, 0) is 30.7 Å². The summed E-state index contributed by atoms with van der Waals surface area (Å²) >= 11 is 5.99. The summed E-state index contributed by atoms with van der Waals surface area (Å²) in [6, 6.07) is 8.47. The molecule has 0 saturated heterocycles. The lowest BCUT2D eigenvalue weighted by atomic mass is 10.1. The van der Waals surface area contributed by atoms with Crippen LogP contribution in [0.3, 0.4) is 0 Å². The molecule has 1 aliphatic heterocycles. The predicted molar refractivity (Wildman–Crippen MR) is 112 cm³/mol. The first-order valence-electron chi connectivity index (χ1n) is 9.05. The molecule has 0 bridgehead atoms. The number of carboxylic acids is 1. The van der Waals surface area contributed by atoms with Crippen molar-refractivity contribution in [3.05, 3.63) is 51.0 Å². The number of nitrogens with zero attached hydrogens (tertiary/aromatic N) is 3. The molecule has 0 spiro atoms. The Morgan fingerprint density at radius 3 is 2.97 bits per heavy atom. The molecule has 10 heteroatoms. The number of halogens is 1. The summed E-state index contributed by atoms with van der Waals surface area (Å²) in [6.07, 6.45) is 0.760. The average Bonchev–Trinajstić information content (AvgIpc) is 2.98. The number of benzene rings is 1.